The van der Waals surface area contributed by atoms with Gasteiger partial charge in [-0.2, -0.15) is 0 Å². The minimum atomic E-state index is 0.198. The van der Waals surface area contributed by atoms with Crippen LogP contribution in [0.1, 0.15) is 41.5 Å². The van der Waals surface area contributed by atoms with Crippen molar-refractivity contribution in [1.82, 2.24) is 0 Å². The van der Waals surface area contributed by atoms with Crippen molar-refractivity contribution in [2.75, 3.05) is 0 Å². The van der Waals surface area contributed by atoms with Crippen LogP contribution in [0.15, 0.2) is 0 Å². The largest absolute Gasteiger partial charge is 0.303 e. The Bertz CT molecular complexity index is 192. The third kappa shape index (κ3) is 3.24. The zero-order valence-corrected chi connectivity index (χ0v) is 10.3. The van der Waals surface area contributed by atoms with E-state index in [0.29, 0.717) is 23.3 Å². The van der Waals surface area contributed by atoms with E-state index in [9.17, 15) is 0 Å². The third-order valence-corrected chi connectivity index (χ3v) is 3.20. The molecule has 0 aromatic rings. The van der Waals surface area contributed by atoms with E-state index < -0.39 is 0 Å². The van der Waals surface area contributed by atoms with Crippen molar-refractivity contribution in [3.05, 3.63) is 0 Å². The fourth-order valence-electron chi connectivity index (χ4n) is 1.16. The zero-order valence-electron chi connectivity index (χ0n) is 10.3. The highest BCUT2D eigenvalue weighted by Gasteiger charge is 2.22. The lowest BCUT2D eigenvalue weighted by molar-refractivity contribution is 0.514. The van der Waals surface area contributed by atoms with Gasteiger partial charge < -0.3 is 10.8 Å². The smallest absolute Gasteiger partial charge is 0.0554 e. The van der Waals surface area contributed by atoms with Crippen molar-refractivity contribution < 1.29 is 0 Å². The molecule has 2 atom stereocenters. The van der Waals surface area contributed by atoms with Crippen LogP contribution in [0.5, 0.6) is 0 Å². The van der Waals surface area contributed by atoms with Gasteiger partial charge in [-0.05, 0) is 11.8 Å². The van der Waals surface area contributed by atoms with Crippen molar-refractivity contribution in [3.63, 3.8) is 0 Å². The number of nitrogens with one attached hydrogen (secondary N) is 2. The number of hydrogen-bond acceptors (Lipinski definition) is 2. The topological polar surface area (TPSA) is 47.7 Å². The summed E-state index contributed by atoms with van der Waals surface area (Å²) in [6, 6.07) is 0. The highest BCUT2D eigenvalue weighted by atomic mass is 14.6. The van der Waals surface area contributed by atoms with Gasteiger partial charge in [0.25, 0.3) is 0 Å². The predicted molar refractivity (Wildman–Crippen MR) is 63.5 cm³/mol. The quantitative estimate of drug-likeness (QED) is 0.631. The molecule has 14 heavy (non-hydrogen) atoms. The molecule has 0 aromatic heterocycles. The van der Waals surface area contributed by atoms with Gasteiger partial charge in [0.1, 0.15) is 0 Å². The summed E-state index contributed by atoms with van der Waals surface area (Å²) in [6.45, 7) is 12.5. The van der Waals surface area contributed by atoms with Gasteiger partial charge in [0.2, 0.25) is 0 Å². The molecule has 0 radical (unpaired) electrons. The first-order chi connectivity index (χ1) is 6.29. The van der Waals surface area contributed by atoms with E-state index in [-0.39, 0.29) is 11.8 Å². The average Bonchev–Trinajstić information content (AvgIpc) is 2.12. The van der Waals surface area contributed by atoms with E-state index in [1.165, 1.54) is 0 Å². The van der Waals surface area contributed by atoms with Crippen LogP contribution in [0.4, 0.5) is 0 Å². The maximum Gasteiger partial charge on any atom is 0.0554 e. The Morgan fingerprint density at radius 1 is 0.643 bits per heavy atom. The van der Waals surface area contributed by atoms with Gasteiger partial charge in [-0.25, -0.2) is 0 Å². The monoisotopic (exact) mass is 196 g/mol. The Morgan fingerprint density at radius 2 is 0.857 bits per heavy atom. The van der Waals surface area contributed by atoms with E-state index in [1.807, 2.05) is 13.8 Å². The molecule has 82 valence electrons. The van der Waals surface area contributed by atoms with Crippen LogP contribution in [0.2, 0.25) is 0 Å². The third-order valence-electron chi connectivity index (χ3n) is 3.20. The minimum absolute atomic E-state index is 0.198. The second-order valence-corrected chi connectivity index (χ2v) is 4.89. The Balaban J connectivity index is 4.48. The van der Waals surface area contributed by atoms with Crippen LogP contribution < -0.4 is 0 Å². The van der Waals surface area contributed by atoms with E-state index in [0.717, 1.165) is 0 Å². The standard InChI is InChI=1S/C12H24N2/c1-7(2)9(5)11(13)12(14)10(6)8(3)4/h7-10,13-14H,1-6H3. The van der Waals surface area contributed by atoms with Gasteiger partial charge in [-0.3, -0.25) is 0 Å². The molecule has 0 saturated heterocycles. The van der Waals surface area contributed by atoms with Crippen LogP contribution in [0.25, 0.3) is 0 Å². The van der Waals surface area contributed by atoms with Crippen LogP contribution in [-0.2, 0) is 0 Å². The van der Waals surface area contributed by atoms with E-state index >= 15 is 0 Å². The fraction of sp³-hybridized carbons (Fsp3) is 0.833. The Kier molecular flexibility index (Phi) is 5.03. The van der Waals surface area contributed by atoms with Crippen LogP contribution in [-0.4, -0.2) is 11.4 Å². The Hall–Kier alpha value is -0.660. The lowest BCUT2D eigenvalue weighted by Gasteiger charge is -2.23. The van der Waals surface area contributed by atoms with Gasteiger partial charge in [-0.15, -0.1) is 0 Å². The Labute approximate surface area is 88.1 Å². The molecule has 2 N–H and O–H groups in total. The molecule has 0 amide bonds. The van der Waals surface area contributed by atoms with Crippen LogP contribution >= 0.6 is 0 Å². The zero-order chi connectivity index (χ0) is 11.5. The summed E-state index contributed by atoms with van der Waals surface area (Å²) in [5, 5.41) is 15.9. The predicted octanol–water partition coefficient (Wildman–Crippen LogP) is 3.61. The van der Waals surface area contributed by atoms with Crippen LogP contribution in [0, 0.1) is 34.5 Å². The van der Waals surface area contributed by atoms with Gasteiger partial charge in [0.15, 0.2) is 0 Å². The second kappa shape index (κ2) is 5.28. The molecule has 0 aliphatic rings. The number of rotatable bonds is 5. The summed E-state index contributed by atoms with van der Waals surface area (Å²) in [5.74, 6) is 1.29. The van der Waals surface area contributed by atoms with Gasteiger partial charge >= 0.3 is 0 Å². The summed E-state index contributed by atoms with van der Waals surface area (Å²) >= 11 is 0. The SMILES string of the molecule is CC(C)C(C)C(=N)C(=N)C(C)C(C)C. The van der Waals surface area contributed by atoms with Crippen molar-refractivity contribution >= 4 is 11.4 Å². The van der Waals surface area contributed by atoms with Gasteiger partial charge in [0, 0.05) is 11.8 Å². The molecule has 0 aliphatic carbocycles. The first-order valence-electron chi connectivity index (χ1n) is 5.46. The molecule has 0 aliphatic heterocycles. The molecule has 2 unspecified atom stereocenters. The maximum absolute atomic E-state index is 7.93. The van der Waals surface area contributed by atoms with E-state index in [4.69, 9.17) is 10.8 Å². The van der Waals surface area contributed by atoms with E-state index in [1.54, 1.807) is 0 Å². The summed E-state index contributed by atoms with van der Waals surface area (Å²) in [5.41, 5.74) is 1.03. The summed E-state index contributed by atoms with van der Waals surface area (Å²) < 4.78 is 0. The lowest BCUT2D eigenvalue weighted by Crippen LogP contribution is -2.30. The van der Waals surface area contributed by atoms with Gasteiger partial charge in [-0.1, -0.05) is 41.5 Å². The average molecular weight is 196 g/mol. The maximum atomic E-state index is 7.93. The summed E-state index contributed by atoms with van der Waals surface area (Å²) in [4.78, 5) is 0. The number of hydrogen-bond donors (Lipinski definition) is 2. The van der Waals surface area contributed by atoms with Gasteiger partial charge in [0.05, 0.1) is 11.4 Å². The molecule has 0 rings (SSSR count). The second-order valence-electron chi connectivity index (χ2n) is 4.89. The lowest BCUT2D eigenvalue weighted by atomic mass is 9.83. The first-order valence-corrected chi connectivity index (χ1v) is 5.46. The molecular formula is C12H24N2. The highest BCUT2D eigenvalue weighted by molar-refractivity contribution is 6.41. The molecule has 0 bridgehead atoms. The molecule has 0 fully saturated rings. The van der Waals surface area contributed by atoms with Crippen molar-refractivity contribution in [1.29, 1.82) is 10.8 Å². The summed E-state index contributed by atoms with van der Waals surface area (Å²) in [7, 11) is 0. The summed E-state index contributed by atoms with van der Waals surface area (Å²) in [6.07, 6.45) is 0. The van der Waals surface area contributed by atoms with Crippen molar-refractivity contribution in [3.8, 4) is 0 Å². The molecular weight excluding hydrogens is 172 g/mol. The molecule has 0 saturated carbocycles. The normalized spacial score (nSPS) is 15.7. The van der Waals surface area contributed by atoms with Crippen molar-refractivity contribution in [2.45, 2.75) is 41.5 Å². The minimum Gasteiger partial charge on any atom is -0.303 e. The molecule has 2 nitrogen and oxygen atoms in total. The Morgan fingerprint density at radius 3 is 1.00 bits per heavy atom. The van der Waals surface area contributed by atoms with Crippen molar-refractivity contribution in [2.24, 2.45) is 23.7 Å². The molecule has 2 heteroatoms. The van der Waals surface area contributed by atoms with Crippen LogP contribution in [0.3, 0.4) is 0 Å². The fourth-order valence-corrected chi connectivity index (χ4v) is 1.16. The molecule has 0 aromatic carbocycles. The van der Waals surface area contributed by atoms with E-state index in [2.05, 4.69) is 27.7 Å². The first kappa shape index (κ1) is 13.3. The highest BCUT2D eigenvalue weighted by Crippen LogP contribution is 2.18. The molecule has 0 spiro atoms. The molecule has 0 heterocycles.